The van der Waals surface area contributed by atoms with Crippen molar-refractivity contribution in [1.82, 2.24) is 9.97 Å². The molecule has 1 N–H and O–H groups in total. The van der Waals surface area contributed by atoms with E-state index in [9.17, 15) is 10.1 Å². The van der Waals surface area contributed by atoms with Crippen LogP contribution in [0.4, 0.5) is 5.69 Å². The molecule has 21 heavy (non-hydrogen) atoms. The normalized spacial score (nSPS) is 10.5. The van der Waals surface area contributed by atoms with Crippen molar-refractivity contribution in [3.8, 4) is 22.6 Å². The third-order valence-electron chi connectivity index (χ3n) is 3.04. The number of aromatic nitrogens is 2. The summed E-state index contributed by atoms with van der Waals surface area (Å²) in [4.78, 5) is 17.8. The molecule has 0 unspecified atom stereocenters. The van der Waals surface area contributed by atoms with Crippen LogP contribution in [0.1, 0.15) is 0 Å². The van der Waals surface area contributed by atoms with E-state index in [4.69, 9.17) is 11.6 Å². The van der Waals surface area contributed by atoms with E-state index in [1.807, 2.05) is 12.1 Å². The highest BCUT2D eigenvalue weighted by Crippen LogP contribution is 2.26. The zero-order valence-electron chi connectivity index (χ0n) is 10.8. The predicted octanol–water partition coefficient (Wildman–Crippen LogP) is 4.31. The Morgan fingerprint density at radius 2 is 1.86 bits per heavy atom. The first kappa shape index (κ1) is 13.3. The standard InChI is InChI=1S/C15H10ClN3O2/c16-12-5-1-4-11(7-12)15-17-9-14(18-15)10-3-2-6-13(8-10)19(20)21/h1-9H,(H,17,18). The summed E-state index contributed by atoms with van der Waals surface area (Å²) < 4.78 is 0. The number of rotatable bonds is 3. The van der Waals surface area contributed by atoms with E-state index in [0.717, 1.165) is 5.56 Å². The minimum atomic E-state index is -0.419. The van der Waals surface area contributed by atoms with Crippen LogP contribution in [0, 0.1) is 10.1 Å². The van der Waals surface area contributed by atoms with Gasteiger partial charge >= 0.3 is 0 Å². The van der Waals surface area contributed by atoms with Crippen molar-refractivity contribution in [3.63, 3.8) is 0 Å². The number of nitro benzene ring substituents is 1. The van der Waals surface area contributed by atoms with Gasteiger partial charge in [-0.25, -0.2) is 4.98 Å². The number of hydrogen-bond acceptors (Lipinski definition) is 3. The summed E-state index contributed by atoms with van der Waals surface area (Å²) in [6.07, 6.45) is 1.65. The molecule has 0 aliphatic heterocycles. The lowest BCUT2D eigenvalue weighted by Gasteiger charge is -1.99. The van der Waals surface area contributed by atoms with Crippen LogP contribution in [0.25, 0.3) is 22.6 Å². The highest BCUT2D eigenvalue weighted by molar-refractivity contribution is 6.30. The summed E-state index contributed by atoms with van der Waals surface area (Å²) in [6.45, 7) is 0. The summed E-state index contributed by atoms with van der Waals surface area (Å²) in [5.41, 5.74) is 2.34. The molecule has 0 atom stereocenters. The first-order valence-electron chi connectivity index (χ1n) is 6.19. The Morgan fingerprint density at radius 1 is 1.10 bits per heavy atom. The van der Waals surface area contributed by atoms with Gasteiger partial charge in [0.25, 0.3) is 5.69 Å². The van der Waals surface area contributed by atoms with Gasteiger partial charge in [0.05, 0.1) is 16.8 Å². The average molecular weight is 300 g/mol. The zero-order chi connectivity index (χ0) is 14.8. The number of H-pyrrole nitrogens is 1. The fraction of sp³-hybridized carbons (Fsp3) is 0. The molecule has 0 aliphatic rings. The number of nitro groups is 1. The van der Waals surface area contributed by atoms with Crippen LogP contribution in [0.2, 0.25) is 5.02 Å². The molecule has 104 valence electrons. The molecule has 0 saturated heterocycles. The molecule has 0 saturated carbocycles. The average Bonchev–Trinajstić information content (AvgIpc) is 2.97. The van der Waals surface area contributed by atoms with Crippen molar-refractivity contribution < 1.29 is 4.92 Å². The lowest BCUT2D eigenvalue weighted by Crippen LogP contribution is -1.88. The number of halogens is 1. The van der Waals surface area contributed by atoms with Gasteiger partial charge in [-0.1, -0.05) is 35.9 Å². The topological polar surface area (TPSA) is 71.8 Å². The van der Waals surface area contributed by atoms with E-state index in [1.54, 1.807) is 30.5 Å². The van der Waals surface area contributed by atoms with E-state index in [0.29, 0.717) is 22.1 Å². The van der Waals surface area contributed by atoms with Gasteiger partial charge in [-0.15, -0.1) is 0 Å². The summed E-state index contributed by atoms with van der Waals surface area (Å²) in [7, 11) is 0. The Kier molecular flexibility index (Phi) is 3.41. The maximum Gasteiger partial charge on any atom is 0.270 e. The van der Waals surface area contributed by atoms with E-state index in [-0.39, 0.29) is 5.69 Å². The number of aromatic amines is 1. The Morgan fingerprint density at radius 3 is 2.62 bits per heavy atom. The number of imidazole rings is 1. The largest absolute Gasteiger partial charge is 0.338 e. The molecule has 5 nitrogen and oxygen atoms in total. The minimum absolute atomic E-state index is 0.0476. The Bertz CT molecular complexity index is 814. The van der Waals surface area contributed by atoms with Crippen LogP contribution >= 0.6 is 11.6 Å². The van der Waals surface area contributed by atoms with Crippen LogP contribution in [-0.2, 0) is 0 Å². The van der Waals surface area contributed by atoms with E-state index in [1.165, 1.54) is 12.1 Å². The zero-order valence-corrected chi connectivity index (χ0v) is 11.5. The lowest BCUT2D eigenvalue weighted by molar-refractivity contribution is -0.384. The third-order valence-corrected chi connectivity index (χ3v) is 3.28. The van der Waals surface area contributed by atoms with Crippen LogP contribution in [0.5, 0.6) is 0 Å². The molecule has 3 rings (SSSR count). The Balaban J connectivity index is 1.98. The molecule has 1 aromatic heterocycles. The highest BCUT2D eigenvalue weighted by Gasteiger charge is 2.10. The number of non-ortho nitro benzene ring substituents is 1. The molecule has 6 heteroatoms. The van der Waals surface area contributed by atoms with Gasteiger partial charge in [0.2, 0.25) is 0 Å². The fourth-order valence-electron chi connectivity index (χ4n) is 2.04. The van der Waals surface area contributed by atoms with Gasteiger partial charge in [-0.05, 0) is 12.1 Å². The molecule has 1 heterocycles. The Labute approximate surface area is 125 Å². The van der Waals surface area contributed by atoms with E-state index < -0.39 is 4.92 Å². The maximum atomic E-state index is 10.8. The minimum Gasteiger partial charge on any atom is -0.338 e. The third kappa shape index (κ3) is 2.78. The first-order chi connectivity index (χ1) is 10.1. The maximum absolute atomic E-state index is 10.8. The van der Waals surface area contributed by atoms with Crippen molar-refractivity contribution in [2.45, 2.75) is 0 Å². The smallest absolute Gasteiger partial charge is 0.270 e. The molecule has 0 spiro atoms. The SMILES string of the molecule is O=[N+]([O-])c1cccc(-c2cnc(-c3cccc(Cl)c3)[nH]2)c1. The van der Waals surface area contributed by atoms with Crippen LogP contribution < -0.4 is 0 Å². The Hall–Kier alpha value is -2.66. The quantitative estimate of drug-likeness (QED) is 0.578. The molecule has 2 aromatic carbocycles. The van der Waals surface area contributed by atoms with Crippen molar-refractivity contribution in [1.29, 1.82) is 0 Å². The number of nitrogens with one attached hydrogen (secondary N) is 1. The molecule has 0 amide bonds. The van der Waals surface area contributed by atoms with Gasteiger partial charge in [-0.3, -0.25) is 10.1 Å². The number of nitrogens with zero attached hydrogens (tertiary/aromatic N) is 2. The molecule has 0 fully saturated rings. The summed E-state index contributed by atoms with van der Waals surface area (Å²) in [6, 6.07) is 13.7. The van der Waals surface area contributed by atoms with Crippen molar-refractivity contribution >= 4 is 17.3 Å². The van der Waals surface area contributed by atoms with Crippen LogP contribution in [0.15, 0.2) is 54.7 Å². The lowest BCUT2D eigenvalue weighted by atomic mass is 10.1. The van der Waals surface area contributed by atoms with Gasteiger partial charge < -0.3 is 4.98 Å². The first-order valence-corrected chi connectivity index (χ1v) is 6.57. The summed E-state index contributed by atoms with van der Waals surface area (Å²) >= 11 is 5.96. The molecular formula is C15H10ClN3O2. The summed E-state index contributed by atoms with van der Waals surface area (Å²) in [5.74, 6) is 0.666. The van der Waals surface area contributed by atoms with Crippen LogP contribution in [0.3, 0.4) is 0 Å². The van der Waals surface area contributed by atoms with Gasteiger partial charge in [0, 0.05) is 28.3 Å². The monoisotopic (exact) mass is 299 g/mol. The second-order valence-corrected chi connectivity index (χ2v) is 4.90. The van der Waals surface area contributed by atoms with Gasteiger partial charge in [0.15, 0.2) is 0 Å². The highest BCUT2D eigenvalue weighted by atomic mass is 35.5. The van der Waals surface area contributed by atoms with E-state index in [2.05, 4.69) is 9.97 Å². The molecule has 0 aliphatic carbocycles. The molecule has 0 radical (unpaired) electrons. The van der Waals surface area contributed by atoms with Gasteiger partial charge in [-0.2, -0.15) is 0 Å². The molecule has 0 bridgehead atoms. The second-order valence-electron chi connectivity index (χ2n) is 4.46. The number of benzene rings is 2. The number of hydrogen-bond donors (Lipinski definition) is 1. The van der Waals surface area contributed by atoms with Crippen molar-refractivity contribution in [2.24, 2.45) is 0 Å². The van der Waals surface area contributed by atoms with Gasteiger partial charge in [0.1, 0.15) is 5.82 Å². The van der Waals surface area contributed by atoms with Crippen LogP contribution in [-0.4, -0.2) is 14.9 Å². The molecular weight excluding hydrogens is 290 g/mol. The summed E-state index contributed by atoms with van der Waals surface area (Å²) in [5, 5.41) is 11.4. The fourth-order valence-corrected chi connectivity index (χ4v) is 2.23. The van der Waals surface area contributed by atoms with E-state index >= 15 is 0 Å². The second kappa shape index (κ2) is 5.38. The van der Waals surface area contributed by atoms with Crippen molar-refractivity contribution in [2.75, 3.05) is 0 Å². The predicted molar refractivity (Wildman–Crippen MR) is 81.1 cm³/mol. The molecule has 3 aromatic rings. The van der Waals surface area contributed by atoms with Crippen molar-refractivity contribution in [3.05, 3.63) is 69.9 Å².